The van der Waals surface area contributed by atoms with Gasteiger partial charge in [0.2, 0.25) is 0 Å². The number of carboxylic acids is 1. The van der Waals surface area contributed by atoms with Crippen molar-refractivity contribution in [1.29, 1.82) is 5.26 Å². The number of amides is 1. The molecule has 2 rings (SSSR count). The molecule has 5 heteroatoms. The number of carboxylic acid groups (broad SMARTS) is 1. The molecule has 0 bridgehead atoms. The van der Waals surface area contributed by atoms with Gasteiger partial charge < -0.3 is 10.4 Å². The molecule has 0 aliphatic heterocycles. The van der Waals surface area contributed by atoms with Gasteiger partial charge in [-0.25, -0.2) is 4.79 Å². The van der Waals surface area contributed by atoms with Gasteiger partial charge in [-0.1, -0.05) is 6.07 Å². The predicted molar refractivity (Wildman–Crippen MR) is 77.2 cm³/mol. The second kappa shape index (κ2) is 5.88. The van der Waals surface area contributed by atoms with Gasteiger partial charge >= 0.3 is 5.97 Å². The molecule has 0 aromatic heterocycles. The highest BCUT2D eigenvalue weighted by atomic mass is 16.4. The average molecular weight is 280 g/mol. The molecule has 21 heavy (non-hydrogen) atoms. The number of hydrogen-bond acceptors (Lipinski definition) is 3. The number of nitriles is 1. The van der Waals surface area contributed by atoms with E-state index in [1.54, 1.807) is 31.2 Å². The van der Waals surface area contributed by atoms with Crippen molar-refractivity contribution >= 4 is 17.6 Å². The lowest BCUT2D eigenvalue weighted by molar-refractivity contribution is 0.0696. The lowest BCUT2D eigenvalue weighted by Gasteiger charge is -2.08. The average Bonchev–Trinajstić information content (AvgIpc) is 2.47. The van der Waals surface area contributed by atoms with E-state index >= 15 is 0 Å². The minimum atomic E-state index is -1.01. The molecule has 2 N–H and O–H groups in total. The standard InChI is InChI=1S/C16H12N2O3/c1-10-7-13(5-6-14(10)16(20)21)18-15(19)12-4-2-3-11(8-12)9-17/h2-8H,1H3,(H,18,19)(H,20,21). The Hall–Kier alpha value is -3.13. The first-order chi connectivity index (χ1) is 10.0. The summed E-state index contributed by atoms with van der Waals surface area (Å²) in [6.07, 6.45) is 0. The van der Waals surface area contributed by atoms with Crippen molar-refractivity contribution in [2.75, 3.05) is 5.32 Å². The number of anilines is 1. The molecular weight excluding hydrogens is 268 g/mol. The number of aromatic carboxylic acids is 1. The van der Waals surface area contributed by atoms with Crippen LogP contribution >= 0.6 is 0 Å². The van der Waals surface area contributed by atoms with Crippen molar-refractivity contribution in [2.24, 2.45) is 0 Å². The fraction of sp³-hybridized carbons (Fsp3) is 0.0625. The van der Waals surface area contributed by atoms with Crippen LogP contribution in [0.5, 0.6) is 0 Å². The van der Waals surface area contributed by atoms with Gasteiger partial charge in [-0.05, 0) is 48.9 Å². The van der Waals surface area contributed by atoms with Gasteiger partial charge in [0.25, 0.3) is 5.91 Å². The van der Waals surface area contributed by atoms with E-state index in [0.717, 1.165) is 0 Å². The van der Waals surface area contributed by atoms with E-state index in [-0.39, 0.29) is 11.5 Å². The zero-order valence-electron chi connectivity index (χ0n) is 11.3. The summed E-state index contributed by atoms with van der Waals surface area (Å²) in [5.41, 5.74) is 2.03. The number of carbonyl (C=O) groups is 2. The number of rotatable bonds is 3. The summed E-state index contributed by atoms with van der Waals surface area (Å²) < 4.78 is 0. The Bertz CT molecular complexity index is 760. The van der Waals surface area contributed by atoms with Crippen LogP contribution in [0.3, 0.4) is 0 Å². The molecule has 0 heterocycles. The Balaban J connectivity index is 2.22. The van der Waals surface area contributed by atoms with Crippen LogP contribution in [0, 0.1) is 18.3 Å². The fourth-order valence-electron chi connectivity index (χ4n) is 1.91. The lowest BCUT2D eigenvalue weighted by atomic mass is 10.1. The van der Waals surface area contributed by atoms with Crippen LogP contribution in [0.4, 0.5) is 5.69 Å². The molecule has 0 fully saturated rings. The van der Waals surface area contributed by atoms with Crippen LogP contribution in [-0.4, -0.2) is 17.0 Å². The largest absolute Gasteiger partial charge is 0.478 e. The lowest BCUT2D eigenvalue weighted by Crippen LogP contribution is -2.12. The molecule has 0 atom stereocenters. The smallest absolute Gasteiger partial charge is 0.335 e. The van der Waals surface area contributed by atoms with Crippen LogP contribution in [-0.2, 0) is 0 Å². The SMILES string of the molecule is Cc1cc(NC(=O)c2cccc(C#N)c2)ccc1C(=O)O. The number of nitrogens with one attached hydrogen (secondary N) is 1. The summed E-state index contributed by atoms with van der Waals surface area (Å²) in [6, 6.07) is 12.9. The number of nitrogens with zero attached hydrogens (tertiary/aromatic N) is 1. The predicted octanol–water partition coefficient (Wildman–Crippen LogP) is 2.82. The highest BCUT2D eigenvalue weighted by Gasteiger charge is 2.10. The minimum absolute atomic E-state index is 0.194. The first-order valence-electron chi connectivity index (χ1n) is 6.16. The number of hydrogen-bond donors (Lipinski definition) is 2. The molecule has 2 aromatic rings. The molecule has 5 nitrogen and oxygen atoms in total. The van der Waals surface area contributed by atoms with Crippen molar-refractivity contribution in [3.8, 4) is 6.07 Å². The molecule has 0 saturated carbocycles. The molecule has 0 aliphatic rings. The molecule has 0 saturated heterocycles. The maximum atomic E-state index is 12.1. The van der Waals surface area contributed by atoms with E-state index in [2.05, 4.69) is 5.32 Å². The highest BCUT2D eigenvalue weighted by molar-refractivity contribution is 6.04. The summed E-state index contributed by atoms with van der Waals surface area (Å²) in [7, 11) is 0. The van der Waals surface area contributed by atoms with E-state index in [9.17, 15) is 9.59 Å². The summed E-state index contributed by atoms with van der Waals surface area (Å²) >= 11 is 0. The fourth-order valence-corrected chi connectivity index (χ4v) is 1.91. The molecule has 1 amide bonds. The van der Waals surface area contributed by atoms with Crippen LogP contribution in [0.25, 0.3) is 0 Å². The number of benzene rings is 2. The van der Waals surface area contributed by atoms with Gasteiger partial charge in [-0.15, -0.1) is 0 Å². The number of aryl methyl sites for hydroxylation is 1. The highest BCUT2D eigenvalue weighted by Crippen LogP contribution is 2.16. The molecule has 0 spiro atoms. The Morgan fingerprint density at radius 3 is 2.57 bits per heavy atom. The van der Waals surface area contributed by atoms with Crippen LogP contribution in [0.15, 0.2) is 42.5 Å². The summed E-state index contributed by atoms with van der Waals surface area (Å²) in [5, 5.41) is 20.4. The normalized spacial score (nSPS) is 9.71. The van der Waals surface area contributed by atoms with Crippen molar-refractivity contribution in [2.45, 2.75) is 6.92 Å². The van der Waals surface area contributed by atoms with Gasteiger partial charge in [-0.2, -0.15) is 5.26 Å². The van der Waals surface area contributed by atoms with E-state index in [1.807, 2.05) is 6.07 Å². The van der Waals surface area contributed by atoms with E-state index in [0.29, 0.717) is 22.4 Å². The van der Waals surface area contributed by atoms with Crippen molar-refractivity contribution in [3.05, 3.63) is 64.7 Å². The zero-order valence-corrected chi connectivity index (χ0v) is 11.3. The Kier molecular flexibility index (Phi) is 4.00. The quantitative estimate of drug-likeness (QED) is 0.904. The second-order valence-electron chi connectivity index (χ2n) is 4.48. The van der Waals surface area contributed by atoms with Gasteiger partial charge in [-0.3, -0.25) is 4.79 Å². The molecule has 0 unspecified atom stereocenters. The topological polar surface area (TPSA) is 90.2 Å². The first kappa shape index (κ1) is 14.3. The first-order valence-corrected chi connectivity index (χ1v) is 6.16. The Morgan fingerprint density at radius 2 is 1.95 bits per heavy atom. The van der Waals surface area contributed by atoms with Gasteiger partial charge in [0, 0.05) is 11.3 Å². The van der Waals surface area contributed by atoms with Gasteiger partial charge in [0.05, 0.1) is 17.2 Å². The van der Waals surface area contributed by atoms with Crippen molar-refractivity contribution < 1.29 is 14.7 Å². The molecule has 0 aliphatic carbocycles. The van der Waals surface area contributed by atoms with E-state index in [4.69, 9.17) is 10.4 Å². The molecule has 0 radical (unpaired) electrons. The Morgan fingerprint density at radius 1 is 1.19 bits per heavy atom. The third kappa shape index (κ3) is 3.25. The molecule has 104 valence electrons. The van der Waals surface area contributed by atoms with E-state index < -0.39 is 5.97 Å². The Labute approximate surface area is 121 Å². The summed E-state index contributed by atoms with van der Waals surface area (Å²) in [5.74, 6) is -1.36. The second-order valence-corrected chi connectivity index (χ2v) is 4.48. The summed E-state index contributed by atoms with van der Waals surface area (Å²) in [4.78, 5) is 23.0. The maximum Gasteiger partial charge on any atom is 0.335 e. The zero-order chi connectivity index (χ0) is 15.4. The van der Waals surface area contributed by atoms with Crippen LogP contribution < -0.4 is 5.32 Å². The van der Waals surface area contributed by atoms with E-state index in [1.165, 1.54) is 18.2 Å². The third-order valence-electron chi connectivity index (χ3n) is 2.97. The van der Waals surface area contributed by atoms with Gasteiger partial charge in [0.15, 0.2) is 0 Å². The molecular formula is C16H12N2O3. The monoisotopic (exact) mass is 280 g/mol. The van der Waals surface area contributed by atoms with Crippen molar-refractivity contribution in [3.63, 3.8) is 0 Å². The summed E-state index contributed by atoms with van der Waals surface area (Å²) in [6.45, 7) is 1.66. The van der Waals surface area contributed by atoms with Crippen LogP contribution in [0.1, 0.15) is 31.8 Å². The minimum Gasteiger partial charge on any atom is -0.478 e. The molecule has 2 aromatic carbocycles. The van der Waals surface area contributed by atoms with Gasteiger partial charge in [0.1, 0.15) is 0 Å². The third-order valence-corrected chi connectivity index (χ3v) is 2.97. The maximum absolute atomic E-state index is 12.1. The van der Waals surface area contributed by atoms with Crippen molar-refractivity contribution in [1.82, 2.24) is 0 Å². The van der Waals surface area contributed by atoms with Crippen LogP contribution in [0.2, 0.25) is 0 Å². The number of carbonyl (C=O) groups excluding carboxylic acids is 1.